The van der Waals surface area contributed by atoms with E-state index in [9.17, 15) is 14.7 Å². The largest absolute Gasteiger partial charge is 0.506 e. The van der Waals surface area contributed by atoms with E-state index in [0.29, 0.717) is 12.1 Å². The lowest BCUT2D eigenvalue weighted by Crippen LogP contribution is -2.25. The normalized spacial score (nSPS) is 17.0. The molecule has 0 atom stereocenters. The van der Waals surface area contributed by atoms with Gasteiger partial charge >= 0.3 is 0 Å². The van der Waals surface area contributed by atoms with E-state index in [-0.39, 0.29) is 23.7 Å². The Hall–Kier alpha value is -2.88. The molecule has 0 unspecified atom stereocenters. The first-order chi connectivity index (χ1) is 10.7. The van der Waals surface area contributed by atoms with Gasteiger partial charge in [0.1, 0.15) is 11.3 Å². The number of carbonyl (C=O) groups excluding carboxylic acids is 2. The fourth-order valence-corrected chi connectivity index (χ4v) is 2.51. The summed E-state index contributed by atoms with van der Waals surface area (Å²) in [4.78, 5) is 26.0. The summed E-state index contributed by atoms with van der Waals surface area (Å²) in [7, 11) is 0. The van der Waals surface area contributed by atoms with Crippen LogP contribution in [0.1, 0.15) is 11.1 Å². The molecule has 0 spiro atoms. The minimum atomic E-state index is -0.421. The molecule has 1 N–H and O–H groups in total. The summed E-state index contributed by atoms with van der Waals surface area (Å²) in [5.41, 5.74) is 1.30. The highest BCUT2D eigenvalue weighted by atomic mass is 16.3. The van der Waals surface area contributed by atoms with Crippen molar-refractivity contribution < 1.29 is 14.7 Å². The van der Waals surface area contributed by atoms with Gasteiger partial charge in [0, 0.05) is 12.1 Å². The summed E-state index contributed by atoms with van der Waals surface area (Å²) in [6.45, 7) is 0.358. The minimum Gasteiger partial charge on any atom is -0.506 e. The van der Waals surface area contributed by atoms with Crippen molar-refractivity contribution in [3.63, 3.8) is 0 Å². The van der Waals surface area contributed by atoms with E-state index in [2.05, 4.69) is 0 Å². The first-order valence-electron chi connectivity index (χ1n) is 7.02. The molecule has 110 valence electrons. The first kappa shape index (κ1) is 14.1. The number of amides is 1. The lowest BCUT2D eigenvalue weighted by Gasteiger charge is -2.14. The molecule has 2 aromatic rings. The van der Waals surface area contributed by atoms with Crippen molar-refractivity contribution in [2.24, 2.45) is 0 Å². The maximum absolute atomic E-state index is 12.4. The van der Waals surface area contributed by atoms with Gasteiger partial charge in [-0.15, -0.1) is 0 Å². The van der Waals surface area contributed by atoms with Crippen molar-refractivity contribution in [1.82, 2.24) is 4.90 Å². The number of Topliss-reactive ketones (excluding diaryl/α,β-unsaturated/α-hetero) is 1. The van der Waals surface area contributed by atoms with E-state index in [0.717, 1.165) is 5.56 Å². The van der Waals surface area contributed by atoms with Gasteiger partial charge in [-0.05, 0) is 5.56 Å². The molecule has 1 heterocycles. The number of ketones is 1. The molecule has 3 rings (SSSR count). The van der Waals surface area contributed by atoms with Crippen LogP contribution in [0.15, 0.2) is 66.2 Å². The molecule has 1 amide bonds. The zero-order chi connectivity index (χ0) is 15.5. The lowest BCUT2D eigenvalue weighted by molar-refractivity contribution is -0.125. The molecule has 2 aromatic carbocycles. The van der Waals surface area contributed by atoms with Crippen LogP contribution in [0.2, 0.25) is 0 Å². The molecule has 0 saturated carbocycles. The van der Waals surface area contributed by atoms with Gasteiger partial charge in [0.2, 0.25) is 0 Å². The average molecular weight is 293 g/mol. The Kier molecular flexibility index (Phi) is 3.74. The monoisotopic (exact) mass is 293 g/mol. The van der Waals surface area contributed by atoms with Crippen LogP contribution >= 0.6 is 0 Å². The Morgan fingerprint density at radius 1 is 0.955 bits per heavy atom. The molecule has 1 fully saturated rings. The molecule has 0 aliphatic carbocycles. The van der Waals surface area contributed by atoms with Crippen molar-refractivity contribution in [3.8, 4) is 0 Å². The van der Waals surface area contributed by atoms with E-state index >= 15 is 0 Å². The van der Waals surface area contributed by atoms with E-state index in [1.807, 2.05) is 30.3 Å². The van der Waals surface area contributed by atoms with Crippen LogP contribution in [0.3, 0.4) is 0 Å². The second kappa shape index (κ2) is 5.85. The maximum Gasteiger partial charge on any atom is 0.262 e. The summed E-state index contributed by atoms with van der Waals surface area (Å²) in [5.74, 6) is -1.01. The number of aliphatic hydroxyl groups is 1. The van der Waals surface area contributed by atoms with Gasteiger partial charge in [0.05, 0.1) is 6.54 Å². The predicted octanol–water partition coefficient (Wildman–Crippen LogP) is 2.57. The highest BCUT2D eigenvalue weighted by Crippen LogP contribution is 2.24. The van der Waals surface area contributed by atoms with Crippen LogP contribution in [-0.4, -0.2) is 28.2 Å². The van der Waals surface area contributed by atoms with Gasteiger partial charge < -0.3 is 10.0 Å². The fourth-order valence-electron chi connectivity index (χ4n) is 2.51. The molecule has 1 saturated heterocycles. The molecular weight excluding hydrogens is 278 g/mol. The van der Waals surface area contributed by atoms with Crippen molar-refractivity contribution in [1.29, 1.82) is 0 Å². The standard InChI is InChI=1S/C18H15NO3/c20-15-12-19(11-13-7-3-1-4-8-13)18(22)16(15)17(21)14-9-5-2-6-10-14/h1-10,21H,11-12H2. The molecule has 1 aliphatic rings. The molecule has 0 radical (unpaired) electrons. The van der Waals surface area contributed by atoms with Crippen LogP contribution in [0.5, 0.6) is 0 Å². The summed E-state index contributed by atoms with van der Waals surface area (Å²) in [5, 5.41) is 10.3. The van der Waals surface area contributed by atoms with E-state index < -0.39 is 5.91 Å². The van der Waals surface area contributed by atoms with Gasteiger partial charge in [0.15, 0.2) is 5.78 Å². The SMILES string of the molecule is O=C1CN(Cc2ccccc2)C(=O)C1=C(O)c1ccccc1. The number of rotatable bonds is 3. The zero-order valence-electron chi connectivity index (χ0n) is 11.9. The number of benzene rings is 2. The number of nitrogens with zero attached hydrogens (tertiary/aromatic N) is 1. The Bertz CT molecular complexity index is 735. The smallest absolute Gasteiger partial charge is 0.262 e. The highest BCUT2D eigenvalue weighted by Gasteiger charge is 2.36. The second-order valence-electron chi connectivity index (χ2n) is 5.16. The second-order valence-corrected chi connectivity index (χ2v) is 5.16. The van der Waals surface area contributed by atoms with Gasteiger partial charge in [0.25, 0.3) is 5.91 Å². The van der Waals surface area contributed by atoms with Crippen LogP contribution in [0.4, 0.5) is 0 Å². The number of hydrogen-bond donors (Lipinski definition) is 1. The first-order valence-corrected chi connectivity index (χ1v) is 7.02. The van der Waals surface area contributed by atoms with Crippen LogP contribution < -0.4 is 0 Å². The third-order valence-electron chi connectivity index (χ3n) is 3.61. The van der Waals surface area contributed by atoms with Gasteiger partial charge in [-0.1, -0.05) is 60.7 Å². The van der Waals surface area contributed by atoms with E-state index in [4.69, 9.17) is 0 Å². The highest BCUT2D eigenvalue weighted by molar-refractivity contribution is 6.28. The Balaban J connectivity index is 1.89. The molecule has 0 aromatic heterocycles. The van der Waals surface area contributed by atoms with E-state index in [1.54, 1.807) is 30.3 Å². The third kappa shape index (κ3) is 2.63. The summed E-state index contributed by atoms with van der Waals surface area (Å²) >= 11 is 0. The number of likely N-dealkylation sites (tertiary alicyclic amines) is 1. The minimum absolute atomic E-state index is 0.0000451. The van der Waals surface area contributed by atoms with E-state index in [1.165, 1.54) is 4.90 Å². The number of carbonyl (C=O) groups is 2. The Morgan fingerprint density at radius 3 is 2.18 bits per heavy atom. The van der Waals surface area contributed by atoms with Crippen LogP contribution in [-0.2, 0) is 16.1 Å². The molecule has 22 heavy (non-hydrogen) atoms. The molecule has 0 bridgehead atoms. The van der Waals surface area contributed by atoms with Crippen molar-refractivity contribution in [3.05, 3.63) is 77.4 Å². The lowest BCUT2D eigenvalue weighted by atomic mass is 10.1. The van der Waals surface area contributed by atoms with Crippen LogP contribution in [0, 0.1) is 0 Å². The van der Waals surface area contributed by atoms with Crippen molar-refractivity contribution in [2.45, 2.75) is 6.54 Å². The molecule has 4 nitrogen and oxygen atoms in total. The summed E-state index contributed by atoms with van der Waals surface area (Å²) < 4.78 is 0. The zero-order valence-corrected chi connectivity index (χ0v) is 11.9. The topological polar surface area (TPSA) is 57.6 Å². The van der Waals surface area contributed by atoms with Crippen molar-refractivity contribution in [2.75, 3.05) is 6.54 Å². The number of aliphatic hydroxyl groups excluding tert-OH is 1. The quantitative estimate of drug-likeness (QED) is 0.537. The predicted molar refractivity (Wildman–Crippen MR) is 82.9 cm³/mol. The van der Waals surface area contributed by atoms with Gasteiger partial charge in [-0.25, -0.2) is 0 Å². The molecule has 1 aliphatic heterocycles. The average Bonchev–Trinajstić information content (AvgIpc) is 2.82. The Morgan fingerprint density at radius 2 is 1.55 bits per heavy atom. The number of hydrogen-bond acceptors (Lipinski definition) is 3. The Labute approximate surface area is 128 Å². The molecule has 4 heteroatoms. The third-order valence-corrected chi connectivity index (χ3v) is 3.61. The fraction of sp³-hybridized carbons (Fsp3) is 0.111. The van der Waals surface area contributed by atoms with Crippen LogP contribution in [0.25, 0.3) is 5.76 Å². The molecular formula is C18H15NO3. The maximum atomic E-state index is 12.4. The summed E-state index contributed by atoms with van der Waals surface area (Å²) in [6.07, 6.45) is 0. The summed E-state index contributed by atoms with van der Waals surface area (Å²) in [6, 6.07) is 18.1. The van der Waals surface area contributed by atoms with Gasteiger partial charge in [-0.2, -0.15) is 0 Å². The van der Waals surface area contributed by atoms with Crippen molar-refractivity contribution >= 4 is 17.4 Å². The van der Waals surface area contributed by atoms with Gasteiger partial charge in [-0.3, -0.25) is 9.59 Å².